The molecule has 25 heavy (non-hydrogen) atoms. The Labute approximate surface area is 150 Å². The van der Waals surface area contributed by atoms with E-state index in [9.17, 15) is 4.79 Å². The highest BCUT2D eigenvalue weighted by atomic mass is 16.1. The molecule has 0 bridgehead atoms. The van der Waals surface area contributed by atoms with E-state index in [1.54, 1.807) is 23.0 Å². The van der Waals surface area contributed by atoms with Crippen molar-refractivity contribution < 1.29 is 9.69 Å². The van der Waals surface area contributed by atoms with Crippen molar-refractivity contribution in [2.45, 2.75) is 32.2 Å². The highest BCUT2D eigenvalue weighted by molar-refractivity contribution is 5.94. The van der Waals surface area contributed by atoms with Gasteiger partial charge in [-0.2, -0.15) is 0 Å². The molecule has 0 aromatic heterocycles. The first-order valence-electron chi connectivity index (χ1n) is 9.48. The number of nitrogens with zero attached hydrogens (tertiary/aromatic N) is 1. The summed E-state index contributed by atoms with van der Waals surface area (Å²) in [6.45, 7) is 6.25. The summed E-state index contributed by atoms with van der Waals surface area (Å²) in [7, 11) is 0. The molecule has 2 aromatic carbocycles. The molecule has 0 amide bonds. The average molecular weight is 335 g/mol. The predicted octanol–water partition coefficient (Wildman–Crippen LogP) is 2.15. The molecule has 1 N–H and O–H groups in total. The van der Waals surface area contributed by atoms with E-state index in [2.05, 4.69) is 41.3 Å². The number of fused-ring (bicyclic) bond motifs is 1. The van der Waals surface area contributed by atoms with Crippen LogP contribution >= 0.6 is 0 Å². The van der Waals surface area contributed by atoms with E-state index in [4.69, 9.17) is 0 Å². The zero-order valence-electron chi connectivity index (χ0n) is 15.0. The van der Waals surface area contributed by atoms with Crippen LogP contribution in [0.3, 0.4) is 0 Å². The second-order valence-corrected chi connectivity index (χ2v) is 7.46. The Hall–Kier alpha value is -2.13. The fourth-order valence-electron chi connectivity index (χ4n) is 4.41. The highest BCUT2D eigenvalue weighted by Gasteiger charge is 2.30. The fraction of sp³-hybridized carbons (Fsp3) is 0.409. The number of aryl methyl sites for hydroxylation is 1. The van der Waals surface area contributed by atoms with Crippen molar-refractivity contribution in [2.24, 2.45) is 0 Å². The molecule has 0 saturated carbocycles. The van der Waals surface area contributed by atoms with Crippen molar-refractivity contribution in [1.82, 2.24) is 0 Å². The Morgan fingerprint density at radius 3 is 2.36 bits per heavy atom. The van der Waals surface area contributed by atoms with Crippen LogP contribution in [0.2, 0.25) is 0 Å². The number of rotatable bonds is 3. The number of Topliss-reactive ketones (excluding diaryl/α,β-unsaturated/α-hetero) is 1. The van der Waals surface area contributed by atoms with Crippen LogP contribution in [0.25, 0.3) is 0 Å². The maximum Gasteiger partial charge on any atom is 0.159 e. The van der Waals surface area contributed by atoms with Gasteiger partial charge >= 0.3 is 0 Å². The van der Waals surface area contributed by atoms with E-state index in [0.29, 0.717) is 0 Å². The third-order valence-electron chi connectivity index (χ3n) is 5.97. The summed E-state index contributed by atoms with van der Waals surface area (Å²) in [5.41, 5.74) is 5.17. The lowest BCUT2D eigenvalue weighted by Gasteiger charge is -2.39. The minimum Gasteiger partial charge on any atom is -0.360 e. The van der Waals surface area contributed by atoms with Crippen LogP contribution in [0.4, 0.5) is 5.69 Å². The van der Waals surface area contributed by atoms with E-state index < -0.39 is 0 Å². The number of carbonyl (C=O) groups is 1. The van der Waals surface area contributed by atoms with Crippen LogP contribution in [0.15, 0.2) is 48.5 Å². The fourth-order valence-corrected chi connectivity index (χ4v) is 4.41. The highest BCUT2D eigenvalue weighted by Crippen LogP contribution is 2.20. The number of benzene rings is 2. The normalized spacial score (nSPS) is 21.0. The largest absolute Gasteiger partial charge is 0.360 e. The Morgan fingerprint density at radius 1 is 1.00 bits per heavy atom. The van der Waals surface area contributed by atoms with Crippen molar-refractivity contribution in [2.75, 3.05) is 31.1 Å². The number of quaternary nitrogens is 1. The van der Waals surface area contributed by atoms with Crippen LogP contribution in [-0.2, 0) is 12.8 Å². The number of piperazine rings is 1. The lowest BCUT2D eigenvalue weighted by molar-refractivity contribution is -0.926. The Balaban J connectivity index is 1.36. The predicted molar refractivity (Wildman–Crippen MR) is 102 cm³/mol. The van der Waals surface area contributed by atoms with E-state index in [0.717, 1.165) is 24.7 Å². The van der Waals surface area contributed by atoms with Gasteiger partial charge in [0.25, 0.3) is 0 Å². The molecule has 4 rings (SSSR count). The van der Waals surface area contributed by atoms with Crippen molar-refractivity contribution in [3.05, 3.63) is 65.2 Å². The molecule has 1 aliphatic carbocycles. The maximum absolute atomic E-state index is 11.4. The quantitative estimate of drug-likeness (QED) is 0.870. The summed E-state index contributed by atoms with van der Waals surface area (Å²) in [6, 6.07) is 17.8. The zero-order valence-corrected chi connectivity index (χ0v) is 15.0. The molecule has 1 saturated heterocycles. The van der Waals surface area contributed by atoms with E-state index in [1.807, 2.05) is 12.1 Å². The molecule has 3 heteroatoms. The first-order chi connectivity index (χ1) is 12.2. The van der Waals surface area contributed by atoms with Crippen LogP contribution in [0.5, 0.6) is 0 Å². The van der Waals surface area contributed by atoms with Crippen LogP contribution < -0.4 is 9.80 Å². The minimum atomic E-state index is 0.137. The van der Waals surface area contributed by atoms with Gasteiger partial charge in [-0.15, -0.1) is 0 Å². The summed E-state index contributed by atoms with van der Waals surface area (Å²) in [5.74, 6) is 0.137. The summed E-state index contributed by atoms with van der Waals surface area (Å²) >= 11 is 0. The van der Waals surface area contributed by atoms with Crippen LogP contribution in [-0.4, -0.2) is 38.0 Å². The summed E-state index contributed by atoms with van der Waals surface area (Å²) < 4.78 is 0. The smallest absolute Gasteiger partial charge is 0.159 e. The first-order valence-corrected chi connectivity index (χ1v) is 9.48. The van der Waals surface area contributed by atoms with Crippen molar-refractivity contribution in [3.8, 4) is 0 Å². The third-order valence-corrected chi connectivity index (χ3v) is 5.97. The molecule has 3 nitrogen and oxygen atoms in total. The molecule has 2 aromatic rings. The topological polar surface area (TPSA) is 24.8 Å². The lowest BCUT2D eigenvalue weighted by Crippen LogP contribution is -3.18. The summed E-state index contributed by atoms with van der Waals surface area (Å²) in [5, 5.41) is 0. The van der Waals surface area contributed by atoms with Crippen molar-refractivity contribution in [1.29, 1.82) is 0 Å². The van der Waals surface area contributed by atoms with Gasteiger partial charge in [0.15, 0.2) is 5.78 Å². The Kier molecular flexibility index (Phi) is 4.58. The van der Waals surface area contributed by atoms with E-state index >= 15 is 0 Å². The molecular weight excluding hydrogens is 308 g/mol. The number of hydrogen-bond donors (Lipinski definition) is 1. The van der Waals surface area contributed by atoms with Crippen LogP contribution in [0.1, 0.15) is 34.8 Å². The second kappa shape index (κ2) is 7.01. The molecule has 1 heterocycles. The maximum atomic E-state index is 11.4. The summed E-state index contributed by atoms with van der Waals surface area (Å²) in [6.07, 6.45) is 3.79. The molecule has 0 radical (unpaired) electrons. The number of carbonyl (C=O) groups excluding carboxylic acids is 1. The van der Waals surface area contributed by atoms with Gasteiger partial charge in [0.2, 0.25) is 0 Å². The number of ketones is 1. The van der Waals surface area contributed by atoms with Gasteiger partial charge in [0, 0.05) is 24.1 Å². The third kappa shape index (κ3) is 3.47. The molecule has 0 unspecified atom stereocenters. The molecule has 1 aliphatic heterocycles. The van der Waals surface area contributed by atoms with Gasteiger partial charge in [0.05, 0.1) is 32.2 Å². The zero-order chi connectivity index (χ0) is 17.2. The van der Waals surface area contributed by atoms with Gasteiger partial charge in [-0.1, -0.05) is 24.3 Å². The Morgan fingerprint density at radius 2 is 1.68 bits per heavy atom. The Bertz CT molecular complexity index is 745. The molecule has 130 valence electrons. The standard InChI is InChI=1S/C22H26N2O/c1-17(25)18-6-9-21(10-7-18)23-12-14-24(15-13-23)22-11-8-19-4-2-3-5-20(19)16-22/h2-7,9-10,22H,8,11-16H2,1H3/p+1/t22-/m1/s1. The van der Waals surface area contributed by atoms with E-state index in [-0.39, 0.29) is 5.78 Å². The monoisotopic (exact) mass is 335 g/mol. The SMILES string of the molecule is CC(=O)c1ccc(N2CC[NH+]([C@@H]3CCc4ccccc4C3)CC2)cc1. The van der Waals surface area contributed by atoms with Crippen LogP contribution in [0, 0.1) is 0 Å². The van der Waals surface area contributed by atoms with Gasteiger partial charge in [-0.3, -0.25) is 4.79 Å². The number of anilines is 1. The van der Waals surface area contributed by atoms with E-state index in [1.165, 1.54) is 38.0 Å². The lowest BCUT2D eigenvalue weighted by atomic mass is 9.87. The molecule has 1 atom stereocenters. The van der Waals surface area contributed by atoms with Crippen molar-refractivity contribution in [3.63, 3.8) is 0 Å². The van der Waals surface area contributed by atoms with Gasteiger partial charge in [-0.25, -0.2) is 0 Å². The number of nitrogens with one attached hydrogen (secondary N) is 1. The first kappa shape index (κ1) is 16.3. The average Bonchev–Trinajstić information content (AvgIpc) is 2.68. The molecule has 2 aliphatic rings. The second-order valence-electron chi connectivity index (χ2n) is 7.46. The minimum absolute atomic E-state index is 0.137. The van der Waals surface area contributed by atoms with Gasteiger partial charge in [0.1, 0.15) is 0 Å². The summed E-state index contributed by atoms with van der Waals surface area (Å²) in [4.78, 5) is 15.7. The molecule has 1 fully saturated rings. The van der Waals surface area contributed by atoms with Gasteiger partial charge < -0.3 is 9.80 Å². The number of hydrogen-bond acceptors (Lipinski definition) is 2. The van der Waals surface area contributed by atoms with Gasteiger partial charge in [-0.05, 0) is 48.7 Å². The molecular formula is C22H27N2O+. The van der Waals surface area contributed by atoms with Crippen molar-refractivity contribution >= 4 is 11.5 Å². The molecule has 0 spiro atoms.